The fourth-order valence-corrected chi connectivity index (χ4v) is 4.24. The number of amides is 2. The molecule has 35 heavy (non-hydrogen) atoms. The summed E-state index contributed by atoms with van der Waals surface area (Å²) in [5, 5.41) is 2.93. The summed E-state index contributed by atoms with van der Waals surface area (Å²) in [7, 11) is 0. The highest BCUT2D eigenvalue weighted by Crippen LogP contribution is 2.24. The van der Waals surface area contributed by atoms with E-state index in [2.05, 4.69) is 21.9 Å². The number of guanidine groups is 1. The molecule has 2 fully saturated rings. The third-order valence-corrected chi connectivity index (χ3v) is 6.31. The fraction of sp³-hybridized carbons (Fsp3) is 0.462. The average Bonchev–Trinajstić information content (AvgIpc) is 3.21. The Bertz CT molecular complexity index is 1060. The second kappa shape index (κ2) is 11.8. The first kappa shape index (κ1) is 26.1. The van der Waals surface area contributed by atoms with Gasteiger partial charge in [0, 0.05) is 23.7 Å². The molecule has 0 unspecified atom stereocenters. The van der Waals surface area contributed by atoms with Gasteiger partial charge in [-0.15, -0.1) is 0 Å². The summed E-state index contributed by atoms with van der Waals surface area (Å²) in [4.78, 5) is 34.2. The van der Waals surface area contributed by atoms with E-state index < -0.39 is 17.8 Å². The molecule has 188 valence electrons. The second-order valence-corrected chi connectivity index (χ2v) is 9.25. The van der Waals surface area contributed by atoms with Crippen molar-refractivity contribution in [1.82, 2.24) is 10.2 Å². The second-order valence-electron chi connectivity index (χ2n) is 9.25. The third-order valence-electron chi connectivity index (χ3n) is 6.31. The topological polar surface area (TPSA) is 109 Å². The SMILES string of the molecule is C=C(/C=C\N=C(N)N=C(C)c1ccc(C(=O)NC2CCCCC2)c(F)c1)N1C(=O)OC[C@@H]1C(C)C. The highest BCUT2D eigenvalue weighted by atomic mass is 19.1. The van der Waals surface area contributed by atoms with E-state index in [1.54, 1.807) is 19.1 Å². The molecule has 1 aromatic carbocycles. The molecule has 8 nitrogen and oxygen atoms in total. The van der Waals surface area contributed by atoms with Crippen molar-refractivity contribution in [1.29, 1.82) is 0 Å². The Morgan fingerprint density at radius 3 is 2.69 bits per heavy atom. The van der Waals surface area contributed by atoms with Crippen molar-refractivity contribution in [3.8, 4) is 0 Å². The first-order valence-electron chi connectivity index (χ1n) is 12.0. The van der Waals surface area contributed by atoms with Gasteiger partial charge in [0.05, 0.1) is 11.6 Å². The van der Waals surface area contributed by atoms with Crippen LogP contribution in [0.25, 0.3) is 0 Å². The van der Waals surface area contributed by atoms with Crippen LogP contribution in [0.2, 0.25) is 0 Å². The van der Waals surface area contributed by atoms with Gasteiger partial charge in [-0.2, -0.15) is 0 Å². The summed E-state index contributed by atoms with van der Waals surface area (Å²) in [6, 6.07) is 4.37. The van der Waals surface area contributed by atoms with Gasteiger partial charge < -0.3 is 15.8 Å². The molecule has 3 rings (SSSR count). The summed E-state index contributed by atoms with van der Waals surface area (Å²) < 4.78 is 19.8. The molecule has 1 atom stereocenters. The van der Waals surface area contributed by atoms with Gasteiger partial charge in [0.25, 0.3) is 5.91 Å². The fourth-order valence-electron chi connectivity index (χ4n) is 4.24. The van der Waals surface area contributed by atoms with Crippen LogP contribution in [0.3, 0.4) is 0 Å². The molecule has 2 amide bonds. The molecule has 1 saturated carbocycles. The van der Waals surface area contributed by atoms with Crippen molar-refractivity contribution in [2.24, 2.45) is 21.6 Å². The van der Waals surface area contributed by atoms with Crippen LogP contribution in [0.5, 0.6) is 0 Å². The Morgan fingerprint density at radius 1 is 1.31 bits per heavy atom. The Morgan fingerprint density at radius 2 is 2.03 bits per heavy atom. The molecule has 0 aromatic heterocycles. The molecule has 0 spiro atoms. The number of nitrogens with zero attached hydrogens (tertiary/aromatic N) is 3. The van der Waals surface area contributed by atoms with Crippen LogP contribution < -0.4 is 11.1 Å². The maximum atomic E-state index is 14.7. The quantitative estimate of drug-likeness (QED) is 0.338. The maximum absolute atomic E-state index is 14.7. The van der Waals surface area contributed by atoms with Gasteiger partial charge >= 0.3 is 6.09 Å². The zero-order chi connectivity index (χ0) is 25.5. The molecular formula is C26H34FN5O3. The number of benzene rings is 1. The predicted octanol–water partition coefficient (Wildman–Crippen LogP) is 4.52. The first-order chi connectivity index (χ1) is 16.7. The largest absolute Gasteiger partial charge is 0.447 e. The van der Waals surface area contributed by atoms with Gasteiger partial charge in [0.2, 0.25) is 5.96 Å². The van der Waals surface area contributed by atoms with E-state index in [0.717, 1.165) is 25.7 Å². The van der Waals surface area contributed by atoms with E-state index in [0.29, 0.717) is 23.6 Å². The van der Waals surface area contributed by atoms with Crippen molar-refractivity contribution in [2.75, 3.05) is 6.61 Å². The molecule has 2 aliphatic rings. The number of hydrogen-bond acceptors (Lipinski definition) is 4. The molecular weight excluding hydrogens is 449 g/mol. The summed E-state index contributed by atoms with van der Waals surface area (Å²) in [5.74, 6) is -0.856. The number of halogens is 1. The lowest BCUT2D eigenvalue weighted by molar-refractivity contribution is 0.0923. The zero-order valence-electron chi connectivity index (χ0n) is 20.6. The molecule has 0 radical (unpaired) electrons. The Hall–Kier alpha value is -3.49. The van der Waals surface area contributed by atoms with E-state index in [9.17, 15) is 14.0 Å². The molecule has 3 N–H and O–H groups in total. The summed E-state index contributed by atoms with van der Waals surface area (Å²) in [5.41, 5.74) is 7.27. The van der Waals surface area contributed by atoms with Crippen molar-refractivity contribution in [3.05, 3.63) is 59.7 Å². The third kappa shape index (κ3) is 6.77. The van der Waals surface area contributed by atoms with Gasteiger partial charge in [-0.3, -0.25) is 9.69 Å². The predicted molar refractivity (Wildman–Crippen MR) is 135 cm³/mol. The number of nitrogens with two attached hydrogens (primary N) is 1. The standard InChI is InChI=1S/C26H34FN5O3/c1-16(2)23-15-35-26(34)32(23)17(3)12-13-29-25(28)30-18(4)19-10-11-21(22(27)14-19)24(33)31-20-8-6-5-7-9-20/h10-14,16,20,23H,3,5-9,15H2,1-2,4H3,(H2,28,29)(H,31,33)/b13-12-,30-18?/t23-/m1/s1. The van der Waals surface area contributed by atoms with Crippen LogP contribution in [0.1, 0.15) is 68.8 Å². The van der Waals surface area contributed by atoms with Crippen molar-refractivity contribution in [2.45, 2.75) is 65.0 Å². The maximum Gasteiger partial charge on any atom is 0.414 e. The number of cyclic esters (lactones) is 1. The molecule has 1 aliphatic carbocycles. The minimum absolute atomic E-state index is 0.00958. The number of carbonyl (C=O) groups excluding carboxylic acids is 2. The van der Waals surface area contributed by atoms with Crippen LogP contribution in [-0.2, 0) is 4.74 Å². The Labute approximate surface area is 205 Å². The van der Waals surface area contributed by atoms with Gasteiger partial charge in [-0.25, -0.2) is 19.2 Å². The number of rotatable bonds is 7. The van der Waals surface area contributed by atoms with E-state index in [-0.39, 0.29) is 29.5 Å². The van der Waals surface area contributed by atoms with Gasteiger partial charge in [0.1, 0.15) is 12.4 Å². The van der Waals surface area contributed by atoms with Crippen LogP contribution in [-0.4, -0.2) is 47.3 Å². The molecule has 1 saturated heterocycles. The van der Waals surface area contributed by atoms with Crippen LogP contribution in [0.4, 0.5) is 9.18 Å². The Kier molecular flexibility index (Phi) is 8.78. The lowest BCUT2D eigenvalue weighted by atomic mass is 9.95. The lowest BCUT2D eigenvalue weighted by Gasteiger charge is -2.24. The summed E-state index contributed by atoms with van der Waals surface area (Å²) >= 11 is 0. The number of aliphatic imine (C=N–C) groups is 2. The van der Waals surface area contributed by atoms with Crippen LogP contribution >= 0.6 is 0 Å². The lowest BCUT2D eigenvalue weighted by Crippen LogP contribution is -2.36. The summed E-state index contributed by atoms with van der Waals surface area (Å²) in [6.45, 7) is 9.91. The van der Waals surface area contributed by atoms with E-state index in [4.69, 9.17) is 10.5 Å². The van der Waals surface area contributed by atoms with Crippen molar-refractivity contribution >= 4 is 23.7 Å². The number of ether oxygens (including phenoxy) is 1. The molecule has 9 heteroatoms. The average molecular weight is 484 g/mol. The first-order valence-corrected chi connectivity index (χ1v) is 12.0. The highest BCUT2D eigenvalue weighted by molar-refractivity contribution is 6.06. The van der Waals surface area contributed by atoms with E-state index in [1.165, 1.54) is 29.7 Å². The van der Waals surface area contributed by atoms with Gasteiger partial charge in [-0.1, -0.05) is 45.8 Å². The minimum atomic E-state index is -0.616. The number of allylic oxidation sites excluding steroid dienone is 1. The molecule has 0 bridgehead atoms. The summed E-state index contributed by atoms with van der Waals surface area (Å²) in [6.07, 6.45) is 7.71. The molecule has 1 aromatic rings. The van der Waals surface area contributed by atoms with Crippen molar-refractivity contribution in [3.63, 3.8) is 0 Å². The minimum Gasteiger partial charge on any atom is -0.447 e. The number of hydrogen-bond donors (Lipinski definition) is 2. The monoisotopic (exact) mass is 483 g/mol. The van der Waals surface area contributed by atoms with E-state index >= 15 is 0 Å². The smallest absolute Gasteiger partial charge is 0.414 e. The van der Waals surface area contributed by atoms with Crippen molar-refractivity contribution < 1.29 is 18.7 Å². The zero-order valence-corrected chi connectivity index (χ0v) is 20.6. The van der Waals surface area contributed by atoms with E-state index in [1.807, 2.05) is 13.8 Å². The normalized spacial score (nSPS) is 20.0. The molecule has 1 aliphatic heterocycles. The number of nitrogens with one attached hydrogen (secondary N) is 1. The van der Waals surface area contributed by atoms with Crippen LogP contribution in [0, 0.1) is 11.7 Å². The Balaban J connectivity index is 1.63. The number of carbonyl (C=O) groups is 2. The highest BCUT2D eigenvalue weighted by Gasteiger charge is 2.35. The van der Waals surface area contributed by atoms with Gasteiger partial charge in [-0.05, 0) is 49.5 Å². The molecule has 1 heterocycles. The van der Waals surface area contributed by atoms with Gasteiger partial charge in [0.15, 0.2) is 0 Å². The van der Waals surface area contributed by atoms with Crippen LogP contribution in [0.15, 0.2) is 52.7 Å².